The normalized spacial score (nSPS) is 25.7. The van der Waals surface area contributed by atoms with E-state index in [1.165, 1.54) is 5.56 Å². The van der Waals surface area contributed by atoms with E-state index in [9.17, 15) is 0 Å². The lowest BCUT2D eigenvalue weighted by molar-refractivity contribution is 0.218. The lowest BCUT2D eigenvalue weighted by atomic mass is 9.69. The van der Waals surface area contributed by atoms with Crippen LogP contribution in [0, 0.1) is 11.3 Å². The van der Waals surface area contributed by atoms with E-state index in [1.54, 1.807) is 0 Å². The first-order valence-corrected chi connectivity index (χ1v) is 5.76. The second-order valence-electron chi connectivity index (χ2n) is 5.24. The fraction of sp³-hybridized carbons (Fsp3) is 0.462. The van der Waals surface area contributed by atoms with Crippen LogP contribution < -0.4 is 5.32 Å². The summed E-state index contributed by atoms with van der Waals surface area (Å²) in [4.78, 5) is 1.01. The smallest absolute Gasteiger partial charge is 0.0819 e. The van der Waals surface area contributed by atoms with Crippen molar-refractivity contribution in [2.75, 3.05) is 0 Å². The van der Waals surface area contributed by atoms with Gasteiger partial charge in [0.2, 0.25) is 0 Å². The highest BCUT2D eigenvalue weighted by atomic mass is 32.1. The van der Waals surface area contributed by atoms with Crippen molar-refractivity contribution in [3.05, 3.63) is 35.9 Å². The largest absolute Gasteiger partial charge is 0.372 e. The average Bonchev–Trinajstić information content (AvgIpc) is 2.12. The highest BCUT2D eigenvalue weighted by Gasteiger charge is 2.44. The SMILES string of the molecule is CC(C)(C)[C@@H]1C(=S)N[C@@H]1c1ccccc1. The molecule has 0 unspecified atom stereocenters. The molecule has 1 aliphatic heterocycles. The molecule has 2 atom stereocenters. The number of rotatable bonds is 1. The predicted octanol–water partition coefficient (Wildman–Crippen LogP) is 3.32. The quantitative estimate of drug-likeness (QED) is 0.727. The molecular formula is C13H17NS. The van der Waals surface area contributed by atoms with Crippen molar-refractivity contribution in [1.29, 1.82) is 0 Å². The van der Waals surface area contributed by atoms with Gasteiger partial charge in [-0.25, -0.2) is 0 Å². The molecule has 80 valence electrons. The van der Waals surface area contributed by atoms with Gasteiger partial charge < -0.3 is 5.32 Å². The fourth-order valence-corrected chi connectivity index (χ4v) is 2.83. The third-order valence-electron chi connectivity index (χ3n) is 3.01. The summed E-state index contributed by atoms with van der Waals surface area (Å²) >= 11 is 5.32. The molecule has 2 rings (SSSR count). The molecule has 0 bridgehead atoms. The minimum atomic E-state index is 0.239. The Balaban J connectivity index is 2.23. The maximum atomic E-state index is 5.32. The Kier molecular flexibility index (Phi) is 2.55. The van der Waals surface area contributed by atoms with Gasteiger partial charge in [0.05, 0.1) is 11.0 Å². The van der Waals surface area contributed by atoms with Crippen LogP contribution in [-0.4, -0.2) is 4.99 Å². The maximum Gasteiger partial charge on any atom is 0.0819 e. The Morgan fingerprint density at radius 1 is 1.13 bits per heavy atom. The molecule has 1 aliphatic rings. The van der Waals surface area contributed by atoms with Crippen molar-refractivity contribution < 1.29 is 0 Å². The van der Waals surface area contributed by atoms with Gasteiger partial charge in [0.1, 0.15) is 0 Å². The summed E-state index contributed by atoms with van der Waals surface area (Å²) in [5.74, 6) is 0.467. The zero-order valence-electron chi connectivity index (χ0n) is 9.45. The highest BCUT2D eigenvalue weighted by Crippen LogP contribution is 2.42. The second-order valence-corrected chi connectivity index (χ2v) is 5.68. The van der Waals surface area contributed by atoms with E-state index >= 15 is 0 Å². The van der Waals surface area contributed by atoms with E-state index in [0.29, 0.717) is 12.0 Å². The summed E-state index contributed by atoms with van der Waals surface area (Å²) < 4.78 is 0. The standard InChI is InChI=1S/C13H17NS/c1-13(2,3)10-11(14-12(10)15)9-7-5-4-6-8-9/h4-8,10-11H,1-3H3,(H,14,15)/t10-,11+/m0/s1. The first-order chi connectivity index (χ1) is 7.00. The Bertz CT molecular complexity index is 364. The summed E-state index contributed by atoms with van der Waals surface area (Å²) in [6.07, 6.45) is 0. The highest BCUT2D eigenvalue weighted by molar-refractivity contribution is 7.80. The third kappa shape index (κ3) is 1.91. The van der Waals surface area contributed by atoms with E-state index in [0.717, 1.165) is 4.99 Å². The van der Waals surface area contributed by atoms with Crippen LogP contribution in [-0.2, 0) is 0 Å². The van der Waals surface area contributed by atoms with E-state index in [-0.39, 0.29) is 5.41 Å². The molecule has 1 aromatic carbocycles. The molecule has 1 N–H and O–H groups in total. The molecule has 1 fully saturated rings. The average molecular weight is 219 g/mol. The molecule has 2 heteroatoms. The van der Waals surface area contributed by atoms with Crippen molar-refractivity contribution >= 4 is 17.2 Å². The third-order valence-corrected chi connectivity index (χ3v) is 3.38. The topological polar surface area (TPSA) is 12.0 Å². The first kappa shape index (κ1) is 10.6. The number of nitrogens with one attached hydrogen (secondary N) is 1. The number of hydrogen-bond acceptors (Lipinski definition) is 1. The van der Waals surface area contributed by atoms with E-state index < -0.39 is 0 Å². The summed E-state index contributed by atoms with van der Waals surface area (Å²) in [5.41, 5.74) is 1.58. The van der Waals surface area contributed by atoms with Gasteiger partial charge in [-0.1, -0.05) is 63.3 Å². The second kappa shape index (κ2) is 3.60. The summed E-state index contributed by atoms with van der Waals surface area (Å²) in [6.45, 7) is 6.75. The molecule has 1 nitrogen and oxygen atoms in total. The molecule has 1 heterocycles. The van der Waals surface area contributed by atoms with Crippen LogP contribution in [0.2, 0.25) is 0 Å². The minimum Gasteiger partial charge on any atom is -0.372 e. The Morgan fingerprint density at radius 2 is 1.73 bits per heavy atom. The van der Waals surface area contributed by atoms with Gasteiger partial charge in [0, 0.05) is 5.92 Å². The predicted molar refractivity (Wildman–Crippen MR) is 67.9 cm³/mol. The van der Waals surface area contributed by atoms with Gasteiger partial charge in [-0.05, 0) is 11.0 Å². The van der Waals surface area contributed by atoms with Gasteiger partial charge in [0.25, 0.3) is 0 Å². The van der Waals surface area contributed by atoms with Crippen LogP contribution in [0.4, 0.5) is 0 Å². The zero-order valence-corrected chi connectivity index (χ0v) is 10.3. The first-order valence-electron chi connectivity index (χ1n) is 5.35. The van der Waals surface area contributed by atoms with E-state index in [4.69, 9.17) is 12.2 Å². The molecule has 1 saturated heterocycles. The number of benzene rings is 1. The van der Waals surface area contributed by atoms with Crippen LogP contribution in [0.25, 0.3) is 0 Å². The molecule has 0 aliphatic carbocycles. The Hall–Kier alpha value is -0.890. The Morgan fingerprint density at radius 3 is 2.20 bits per heavy atom. The summed E-state index contributed by atoms with van der Waals surface area (Å²) in [7, 11) is 0. The zero-order chi connectivity index (χ0) is 11.1. The van der Waals surface area contributed by atoms with Gasteiger partial charge >= 0.3 is 0 Å². The van der Waals surface area contributed by atoms with Gasteiger partial charge in [-0.2, -0.15) is 0 Å². The number of thiocarbonyl (C=S) groups is 1. The van der Waals surface area contributed by atoms with E-state index in [2.05, 4.69) is 50.4 Å². The van der Waals surface area contributed by atoms with Crippen LogP contribution in [0.5, 0.6) is 0 Å². The van der Waals surface area contributed by atoms with Crippen LogP contribution in [0.15, 0.2) is 30.3 Å². The van der Waals surface area contributed by atoms with Crippen molar-refractivity contribution in [3.63, 3.8) is 0 Å². The number of hydrogen-bond donors (Lipinski definition) is 1. The van der Waals surface area contributed by atoms with E-state index in [1.807, 2.05) is 6.07 Å². The van der Waals surface area contributed by atoms with Crippen molar-refractivity contribution in [3.8, 4) is 0 Å². The van der Waals surface area contributed by atoms with Crippen molar-refractivity contribution in [1.82, 2.24) is 5.32 Å². The van der Waals surface area contributed by atoms with Crippen molar-refractivity contribution in [2.24, 2.45) is 11.3 Å². The summed E-state index contributed by atoms with van der Waals surface area (Å²) in [6, 6.07) is 10.9. The molecule has 0 saturated carbocycles. The molecule has 15 heavy (non-hydrogen) atoms. The van der Waals surface area contributed by atoms with Gasteiger partial charge in [-0.3, -0.25) is 0 Å². The van der Waals surface area contributed by atoms with Crippen LogP contribution >= 0.6 is 12.2 Å². The monoisotopic (exact) mass is 219 g/mol. The molecule has 0 amide bonds. The molecule has 0 spiro atoms. The Labute approximate surface area is 96.9 Å². The molecule has 0 aromatic heterocycles. The van der Waals surface area contributed by atoms with Crippen molar-refractivity contribution in [2.45, 2.75) is 26.8 Å². The molecule has 1 aromatic rings. The van der Waals surface area contributed by atoms with Gasteiger partial charge in [0.15, 0.2) is 0 Å². The summed E-state index contributed by atoms with van der Waals surface area (Å²) in [5, 5.41) is 3.35. The molecular weight excluding hydrogens is 202 g/mol. The molecule has 0 radical (unpaired) electrons. The van der Waals surface area contributed by atoms with Crippen LogP contribution in [0.1, 0.15) is 32.4 Å². The van der Waals surface area contributed by atoms with Crippen LogP contribution in [0.3, 0.4) is 0 Å². The lowest BCUT2D eigenvalue weighted by Gasteiger charge is -2.47. The fourth-order valence-electron chi connectivity index (χ4n) is 2.21. The maximum absolute atomic E-state index is 5.32. The van der Waals surface area contributed by atoms with Gasteiger partial charge in [-0.15, -0.1) is 0 Å². The minimum absolute atomic E-state index is 0.239. The lowest BCUT2D eigenvalue weighted by Crippen LogP contribution is -2.55.